The predicted octanol–water partition coefficient (Wildman–Crippen LogP) is 5.07. The Morgan fingerprint density at radius 2 is 1.18 bits per heavy atom. The minimum atomic E-state index is 1.01. The van der Waals surface area contributed by atoms with E-state index >= 15 is 0 Å². The van der Waals surface area contributed by atoms with Gasteiger partial charge < -0.3 is 0 Å². The zero-order valence-electron chi connectivity index (χ0n) is 12.4. The average molecular weight is 284 g/mol. The second-order valence-corrected chi connectivity index (χ2v) is 5.40. The molecule has 4 aromatic rings. The molecule has 22 heavy (non-hydrogen) atoms. The molecule has 0 aliphatic carbocycles. The van der Waals surface area contributed by atoms with Crippen LogP contribution in [0.15, 0.2) is 84.0 Å². The van der Waals surface area contributed by atoms with Gasteiger partial charge in [-0.3, -0.25) is 0 Å². The highest BCUT2D eigenvalue weighted by atomic mass is 15.3. The quantitative estimate of drug-likeness (QED) is 0.457. The molecule has 0 saturated carbocycles. The Balaban J connectivity index is 2.01. The molecule has 0 fully saturated rings. The monoisotopic (exact) mass is 284 g/mol. The summed E-state index contributed by atoms with van der Waals surface area (Å²) >= 11 is 0. The summed E-state index contributed by atoms with van der Waals surface area (Å²) in [7, 11) is 0. The van der Waals surface area contributed by atoms with Crippen LogP contribution in [0.25, 0.3) is 21.8 Å². The minimum Gasteiger partial charge on any atom is -0.232 e. The van der Waals surface area contributed by atoms with Crippen molar-refractivity contribution in [2.75, 3.05) is 0 Å². The van der Waals surface area contributed by atoms with Crippen LogP contribution < -0.4 is 0 Å². The second kappa shape index (κ2) is 5.15. The molecule has 0 aliphatic heterocycles. The lowest BCUT2D eigenvalue weighted by Crippen LogP contribution is -1.99. The first-order valence-corrected chi connectivity index (χ1v) is 7.44. The van der Waals surface area contributed by atoms with Gasteiger partial charge in [0, 0.05) is 10.8 Å². The maximum atomic E-state index is 4.88. The molecule has 0 N–H and O–H groups in total. The van der Waals surface area contributed by atoms with Gasteiger partial charge in [0.05, 0.1) is 16.7 Å². The van der Waals surface area contributed by atoms with Crippen molar-refractivity contribution in [1.82, 2.24) is 4.68 Å². The van der Waals surface area contributed by atoms with Crippen LogP contribution in [0, 0.1) is 0 Å². The first-order valence-electron chi connectivity index (χ1n) is 7.44. The van der Waals surface area contributed by atoms with Crippen molar-refractivity contribution in [1.29, 1.82) is 0 Å². The van der Waals surface area contributed by atoms with E-state index in [1.165, 1.54) is 10.8 Å². The molecule has 0 radical (unpaired) electrons. The van der Waals surface area contributed by atoms with E-state index in [1.807, 2.05) is 22.9 Å². The predicted molar refractivity (Wildman–Crippen MR) is 93.5 cm³/mol. The summed E-state index contributed by atoms with van der Waals surface area (Å²) < 4.78 is 2.05. The Hall–Kier alpha value is -2.87. The fraction of sp³-hybridized carbons (Fsp3) is 0.0500. The number of aromatic nitrogens is 1. The Morgan fingerprint density at radius 3 is 1.77 bits per heavy atom. The summed E-state index contributed by atoms with van der Waals surface area (Å²) in [5.74, 6) is 0. The number of para-hydroxylation sites is 2. The lowest BCUT2D eigenvalue weighted by Gasteiger charge is -2.04. The fourth-order valence-electron chi connectivity index (χ4n) is 2.90. The molecule has 0 spiro atoms. The molecule has 4 rings (SSSR count). The summed E-state index contributed by atoms with van der Waals surface area (Å²) in [6.07, 6.45) is 0. The standard InChI is InChI=1S/C20H16N2/c1-15(16-9-3-2-4-10-16)21-22-19-13-7-5-11-17(19)18-12-6-8-14-20(18)22/h2-14H,1H3/b21-15+. The molecule has 0 saturated heterocycles. The van der Waals surface area contributed by atoms with Crippen molar-refractivity contribution in [2.45, 2.75) is 6.92 Å². The van der Waals surface area contributed by atoms with Crippen LogP contribution in [0.2, 0.25) is 0 Å². The Kier molecular flexibility index (Phi) is 3.01. The van der Waals surface area contributed by atoms with Gasteiger partial charge in [0.15, 0.2) is 0 Å². The van der Waals surface area contributed by atoms with E-state index in [-0.39, 0.29) is 0 Å². The lowest BCUT2D eigenvalue weighted by atomic mass is 10.1. The minimum absolute atomic E-state index is 1.01. The smallest absolute Gasteiger partial charge is 0.0732 e. The van der Waals surface area contributed by atoms with Crippen LogP contribution in [-0.2, 0) is 0 Å². The molecule has 106 valence electrons. The van der Waals surface area contributed by atoms with Crippen molar-refractivity contribution < 1.29 is 0 Å². The fourth-order valence-corrected chi connectivity index (χ4v) is 2.90. The van der Waals surface area contributed by atoms with Crippen LogP contribution in [0.3, 0.4) is 0 Å². The van der Waals surface area contributed by atoms with Gasteiger partial charge >= 0.3 is 0 Å². The SMILES string of the molecule is C/C(=N\n1c2ccccc2c2ccccc21)c1ccccc1. The number of nitrogens with zero attached hydrogens (tertiary/aromatic N) is 2. The number of benzene rings is 3. The van der Waals surface area contributed by atoms with Gasteiger partial charge in [0.1, 0.15) is 0 Å². The molecule has 2 heteroatoms. The summed E-state index contributed by atoms with van der Waals surface area (Å²) in [5.41, 5.74) is 4.43. The third-order valence-electron chi connectivity index (χ3n) is 4.00. The van der Waals surface area contributed by atoms with E-state index in [9.17, 15) is 0 Å². The molecule has 0 unspecified atom stereocenters. The molecule has 1 heterocycles. The van der Waals surface area contributed by atoms with E-state index < -0.39 is 0 Å². The van der Waals surface area contributed by atoms with Gasteiger partial charge in [-0.05, 0) is 24.6 Å². The molecule has 3 aromatic carbocycles. The average Bonchev–Trinajstić information content (AvgIpc) is 2.90. The first-order chi connectivity index (χ1) is 10.8. The van der Waals surface area contributed by atoms with Gasteiger partial charge in [-0.25, -0.2) is 4.68 Å². The normalized spacial score (nSPS) is 12.1. The molecule has 0 bridgehead atoms. The zero-order chi connectivity index (χ0) is 14.9. The Labute approximate surface area is 129 Å². The summed E-state index contributed by atoms with van der Waals surface area (Å²) in [5, 5.41) is 7.36. The van der Waals surface area contributed by atoms with Crippen molar-refractivity contribution in [3.63, 3.8) is 0 Å². The summed E-state index contributed by atoms with van der Waals surface area (Å²) in [6, 6.07) is 27.1. The Bertz CT molecular complexity index is 925. The van der Waals surface area contributed by atoms with Gasteiger partial charge in [0.2, 0.25) is 0 Å². The van der Waals surface area contributed by atoms with E-state index in [0.717, 1.165) is 22.3 Å². The van der Waals surface area contributed by atoms with Crippen molar-refractivity contribution in [3.05, 3.63) is 84.4 Å². The molecule has 1 aromatic heterocycles. The topological polar surface area (TPSA) is 17.3 Å². The van der Waals surface area contributed by atoms with Crippen LogP contribution in [-0.4, -0.2) is 10.4 Å². The second-order valence-electron chi connectivity index (χ2n) is 5.40. The lowest BCUT2D eigenvalue weighted by molar-refractivity contribution is 0.964. The van der Waals surface area contributed by atoms with E-state index in [2.05, 4.69) is 67.6 Å². The van der Waals surface area contributed by atoms with Crippen LogP contribution in [0.1, 0.15) is 12.5 Å². The largest absolute Gasteiger partial charge is 0.232 e. The van der Waals surface area contributed by atoms with Gasteiger partial charge in [-0.2, -0.15) is 5.10 Å². The van der Waals surface area contributed by atoms with Gasteiger partial charge in [0.25, 0.3) is 0 Å². The van der Waals surface area contributed by atoms with Crippen LogP contribution >= 0.6 is 0 Å². The first kappa shape index (κ1) is 12.8. The molecular weight excluding hydrogens is 268 g/mol. The van der Waals surface area contributed by atoms with Crippen LogP contribution in [0.4, 0.5) is 0 Å². The van der Waals surface area contributed by atoms with Gasteiger partial charge in [-0.1, -0.05) is 66.7 Å². The Morgan fingerprint density at radius 1 is 0.682 bits per heavy atom. The molecule has 0 amide bonds. The van der Waals surface area contributed by atoms with Gasteiger partial charge in [-0.15, -0.1) is 0 Å². The van der Waals surface area contributed by atoms with E-state index in [1.54, 1.807) is 0 Å². The molecule has 2 nitrogen and oxygen atoms in total. The van der Waals surface area contributed by atoms with E-state index in [0.29, 0.717) is 0 Å². The summed E-state index contributed by atoms with van der Waals surface area (Å²) in [4.78, 5) is 0. The highest BCUT2D eigenvalue weighted by Crippen LogP contribution is 2.28. The summed E-state index contributed by atoms with van der Waals surface area (Å²) in [6.45, 7) is 2.05. The third-order valence-corrected chi connectivity index (χ3v) is 4.00. The van der Waals surface area contributed by atoms with Crippen molar-refractivity contribution in [3.8, 4) is 0 Å². The van der Waals surface area contributed by atoms with Crippen molar-refractivity contribution >= 4 is 27.5 Å². The molecular formula is C20H16N2. The number of fused-ring (bicyclic) bond motifs is 3. The molecule has 0 atom stereocenters. The maximum Gasteiger partial charge on any atom is 0.0732 e. The maximum absolute atomic E-state index is 4.88. The number of rotatable bonds is 2. The number of hydrogen-bond donors (Lipinski definition) is 0. The van der Waals surface area contributed by atoms with E-state index in [4.69, 9.17) is 5.10 Å². The third kappa shape index (κ3) is 2.01. The number of hydrogen-bond acceptors (Lipinski definition) is 1. The highest BCUT2D eigenvalue weighted by Gasteiger charge is 2.09. The van der Waals surface area contributed by atoms with Crippen LogP contribution in [0.5, 0.6) is 0 Å². The molecule has 0 aliphatic rings. The highest BCUT2D eigenvalue weighted by molar-refractivity contribution is 6.08. The zero-order valence-corrected chi connectivity index (χ0v) is 12.4. The van der Waals surface area contributed by atoms with Crippen molar-refractivity contribution in [2.24, 2.45) is 5.10 Å².